The van der Waals surface area contributed by atoms with Crippen LogP contribution in [0.3, 0.4) is 0 Å². The Kier molecular flexibility index (Phi) is 6.52. The first-order valence-electron chi connectivity index (χ1n) is 10.4. The molecule has 0 aliphatic carbocycles. The number of halogens is 5. The number of nitrogens with zero attached hydrogens (tertiary/aromatic N) is 1. The summed E-state index contributed by atoms with van der Waals surface area (Å²) in [6, 6.07) is 10.5. The summed E-state index contributed by atoms with van der Waals surface area (Å²) in [6.07, 6.45) is -2.04. The fourth-order valence-electron chi connectivity index (χ4n) is 5.03. The van der Waals surface area contributed by atoms with Crippen molar-refractivity contribution in [3.63, 3.8) is 0 Å². The standard InChI is InChI=1S/C21H22Cl2N2.C2HF3O/c22-18-4-1-5-19(23)20(18)15-9-13-3-2-8-25-12-14-6-7-24-11-17(14)16(10-15)21(13)25;3-2(4,5)1-6/h1,4-5,9-10,14,17,24H,2-3,6-8,11-12H2;1H/t14-,17-;/m1./s1. The zero-order valence-electron chi connectivity index (χ0n) is 16.8. The molecule has 2 aromatic carbocycles. The molecule has 0 amide bonds. The van der Waals surface area contributed by atoms with E-state index in [1.165, 1.54) is 48.3 Å². The Morgan fingerprint density at radius 2 is 1.87 bits per heavy atom. The van der Waals surface area contributed by atoms with Crippen molar-refractivity contribution in [2.45, 2.75) is 31.4 Å². The molecular formula is C23H23Cl2F3N2O. The Bertz CT molecular complexity index is 960. The highest BCUT2D eigenvalue weighted by molar-refractivity contribution is 6.39. The van der Waals surface area contributed by atoms with Gasteiger partial charge < -0.3 is 10.2 Å². The van der Waals surface area contributed by atoms with E-state index < -0.39 is 12.5 Å². The molecule has 3 heterocycles. The molecule has 8 heteroatoms. The van der Waals surface area contributed by atoms with Crippen molar-refractivity contribution in [2.24, 2.45) is 5.92 Å². The SMILES string of the molecule is Clc1cccc(Cl)c1-c1cc2c3c(c1)[C@@H]1CNCC[C@@H]1CN3CCC2.O=CC(F)(F)F. The van der Waals surface area contributed by atoms with Crippen LogP contribution in [0.2, 0.25) is 10.0 Å². The topological polar surface area (TPSA) is 32.3 Å². The van der Waals surface area contributed by atoms with Crippen molar-refractivity contribution in [1.82, 2.24) is 5.32 Å². The number of hydrogen-bond acceptors (Lipinski definition) is 3. The van der Waals surface area contributed by atoms with Crippen molar-refractivity contribution < 1.29 is 18.0 Å². The number of piperidine rings is 1. The number of aldehydes is 1. The number of rotatable bonds is 1. The van der Waals surface area contributed by atoms with E-state index in [1.807, 2.05) is 18.2 Å². The second kappa shape index (κ2) is 9.00. The summed E-state index contributed by atoms with van der Waals surface area (Å²) in [7, 11) is 0. The molecule has 3 aliphatic rings. The molecule has 1 N–H and O–H groups in total. The lowest BCUT2D eigenvalue weighted by molar-refractivity contribution is -0.156. The van der Waals surface area contributed by atoms with E-state index in [2.05, 4.69) is 22.3 Å². The van der Waals surface area contributed by atoms with Gasteiger partial charge in [-0.2, -0.15) is 13.2 Å². The van der Waals surface area contributed by atoms with Crippen LogP contribution in [0.15, 0.2) is 30.3 Å². The molecule has 5 rings (SSSR count). The predicted molar refractivity (Wildman–Crippen MR) is 118 cm³/mol. The van der Waals surface area contributed by atoms with Crippen molar-refractivity contribution in [3.05, 3.63) is 51.5 Å². The number of fused-ring (bicyclic) bond motifs is 2. The van der Waals surface area contributed by atoms with E-state index in [-0.39, 0.29) is 0 Å². The fourth-order valence-corrected chi connectivity index (χ4v) is 5.64. The Morgan fingerprint density at radius 1 is 1.16 bits per heavy atom. The second-order valence-electron chi connectivity index (χ2n) is 8.24. The van der Waals surface area contributed by atoms with Gasteiger partial charge in [-0.25, -0.2) is 0 Å². The molecule has 2 aromatic rings. The zero-order chi connectivity index (χ0) is 22.2. The molecule has 166 valence electrons. The van der Waals surface area contributed by atoms with Gasteiger partial charge in [0.05, 0.1) is 0 Å². The second-order valence-corrected chi connectivity index (χ2v) is 9.05. The van der Waals surface area contributed by atoms with Crippen LogP contribution in [0, 0.1) is 5.92 Å². The van der Waals surface area contributed by atoms with Crippen molar-refractivity contribution in [3.8, 4) is 11.1 Å². The number of hydrogen-bond donors (Lipinski definition) is 1. The first-order chi connectivity index (χ1) is 14.8. The third kappa shape index (κ3) is 4.71. The smallest absolute Gasteiger partial charge is 0.371 e. The van der Waals surface area contributed by atoms with E-state index in [0.29, 0.717) is 5.92 Å². The van der Waals surface area contributed by atoms with Gasteiger partial charge in [-0.15, -0.1) is 0 Å². The average molecular weight is 471 g/mol. The minimum absolute atomic E-state index is 0.609. The molecule has 0 spiro atoms. The largest absolute Gasteiger partial charge is 0.446 e. The fraction of sp³-hybridized carbons (Fsp3) is 0.435. The van der Waals surface area contributed by atoms with E-state index in [4.69, 9.17) is 28.0 Å². The number of aryl methyl sites for hydroxylation is 1. The van der Waals surface area contributed by atoms with Crippen LogP contribution in [-0.2, 0) is 11.2 Å². The molecule has 2 atom stereocenters. The minimum atomic E-state index is -4.64. The number of carbonyl (C=O) groups is 1. The van der Waals surface area contributed by atoms with Gasteiger partial charge in [0.15, 0.2) is 0 Å². The van der Waals surface area contributed by atoms with Gasteiger partial charge in [0, 0.05) is 46.8 Å². The maximum absolute atomic E-state index is 10.4. The third-order valence-electron chi connectivity index (χ3n) is 6.27. The van der Waals surface area contributed by atoms with E-state index >= 15 is 0 Å². The predicted octanol–water partition coefficient (Wildman–Crippen LogP) is 5.87. The molecule has 3 aliphatic heterocycles. The van der Waals surface area contributed by atoms with Crippen LogP contribution in [0.1, 0.15) is 29.9 Å². The highest BCUT2D eigenvalue weighted by atomic mass is 35.5. The molecular weight excluding hydrogens is 448 g/mol. The normalized spacial score (nSPS) is 22.0. The van der Waals surface area contributed by atoms with Crippen LogP contribution in [0.25, 0.3) is 11.1 Å². The van der Waals surface area contributed by atoms with Crippen LogP contribution in [-0.4, -0.2) is 38.6 Å². The summed E-state index contributed by atoms with van der Waals surface area (Å²) in [6.45, 7) is 4.65. The van der Waals surface area contributed by atoms with E-state index in [0.717, 1.165) is 41.0 Å². The van der Waals surface area contributed by atoms with Gasteiger partial charge in [-0.3, -0.25) is 4.79 Å². The van der Waals surface area contributed by atoms with Crippen LogP contribution < -0.4 is 10.2 Å². The van der Waals surface area contributed by atoms with Gasteiger partial charge in [0.25, 0.3) is 0 Å². The molecule has 1 saturated heterocycles. The summed E-state index contributed by atoms with van der Waals surface area (Å²) in [5, 5.41) is 5.08. The maximum atomic E-state index is 10.4. The lowest BCUT2D eigenvalue weighted by Gasteiger charge is -2.46. The van der Waals surface area contributed by atoms with E-state index in [1.54, 1.807) is 0 Å². The number of carbonyl (C=O) groups excluding carboxylic acids is 1. The number of nitrogens with one attached hydrogen (secondary N) is 1. The van der Waals surface area contributed by atoms with Crippen molar-refractivity contribution >= 4 is 35.2 Å². The monoisotopic (exact) mass is 470 g/mol. The summed E-state index contributed by atoms with van der Waals surface area (Å²) < 4.78 is 31.2. The lowest BCUT2D eigenvalue weighted by Crippen LogP contribution is -2.47. The molecule has 31 heavy (non-hydrogen) atoms. The van der Waals surface area contributed by atoms with Crippen molar-refractivity contribution in [1.29, 1.82) is 0 Å². The van der Waals surface area contributed by atoms with Crippen molar-refractivity contribution in [2.75, 3.05) is 31.1 Å². The molecule has 0 unspecified atom stereocenters. The van der Waals surface area contributed by atoms with E-state index in [9.17, 15) is 13.2 Å². The number of alkyl halides is 3. The van der Waals surface area contributed by atoms with Gasteiger partial charge in [-0.1, -0.05) is 29.3 Å². The minimum Gasteiger partial charge on any atom is -0.371 e. The summed E-state index contributed by atoms with van der Waals surface area (Å²) >= 11 is 13.0. The van der Waals surface area contributed by atoms with Crippen LogP contribution in [0.5, 0.6) is 0 Å². The van der Waals surface area contributed by atoms with Gasteiger partial charge in [0.1, 0.15) is 0 Å². The van der Waals surface area contributed by atoms with Gasteiger partial charge in [0.2, 0.25) is 6.29 Å². The number of anilines is 1. The molecule has 0 aromatic heterocycles. The highest BCUT2D eigenvalue weighted by Gasteiger charge is 2.37. The lowest BCUT2D eigenvalue weighted by atomic mass is 9.74. The molecule has 1 fully saturated rings. The molecule has 0 saturated carbocycles. The summed E-state index contributed by atoms with van der Waals surface area (Å²) in [5.74, 6) is 1.37. The summed E-state index contributed by atoms with van der Waals surface area (Å²) in [5.41, 5.74) is 6.64. The van der Waals surface area contributed by atoms with Gasteiger partial charge >= 0.3 is 6.18 Å². The first kappa shape index (κ1) is 22.4. The average Bonchev–Trinajstić information content (AvgIpc) is 2.74. The Labute approximate surface area is 189 Å². The number of benzene rings is 2. The molecule has 0 bridgehead atoms. The Hall–Kier alpha value is -1.76. The maximum Gasteiger partial charge on any atom is 0.446 e. The van der Waals surface area contributed by atoms with Crippen LogP contribution in [0.4, 0.5) is 18.9 Å². The quantitative estimate of drug-likeness (QED) is 0.529. The Morgan fingerprint density at radius 3 is 2.55 bits per heavy atom. The molecule has 3 nitrogen and oxygen atoms in total. The third-order valence-corrected chi connectivity index (χ3v) is 6.90. The molecule has 0 radical (unpaired) electrons. The van der Waals surface area contributed by atoms with Gasteiger partial charge in [-0.05, 0) is 72.7 Å². The first-order valence-corrected chi connectivity index (χ1v) is 11.1. The summed E-state index contributed by atoms with van der Waals surface area (Å²) in [4.78, 5) is 11.3. The Balaban J connectivity index is 0.000000342. The zero-order valence-corrected chi connectivity index (χ0v) is 18.3. The van der Waals surface area contributed by atoms with Crippen LogP contribution >= 0.6 is 23.2 Å². The highest BCUT2D eigenvalue weighted by Crippen LogP contribution is 2.48.